The van der Waals surface area contributed by atoms with Crippen molar-refractivity contribution in [3.63, 3.8) is 0 Å². The normalized spacial score (nSPS) is 18.3. The minimum Gasteiger partial charge on any atom is -0.480 e. The molecule has 0 radical (unpaired) electrons. The van der Waals surface area contributed by atoms with Crippen molar-refractivity contribution in [1.82, 2.24) is 0 Å². The highest BCUT2D eigenvalue weighted by Crippen LogP contribution is 2.37. The number of aliphatic carboxylic acids is 1. The Bertz CT molecular complexity index is 533. The van der Waals surface area contributed by atoms with Crippen molar-refractivity contribution < 1.29 is 14.7 Å². The van der Waals surface area contributed by atoms with E-state index in [2.05, 4.69) is 5.32 Å². The summed E-state index contributed by atoms with van der Waals surface area (Å²) in [5.41, 5.74) is 1.02. The lowest BCUT2D eigenvalue weighted by Crippen LogP contribution is -2.47. The van der Waals surface area contributed by atoms with E-state index in [4.69, 9.17) is 28.3 Å². The average Bonchev–Trinajstić information content (AvgIpc) is 2.28. The molecule has 1 heterocycles. The van der Waals surface area contributed by atoms with E-state index in [-0.39, 0.29) is 10.9 Å². The molecule has 1 aliphatic heterocycles. The third-order valence-corrected chi connectivity index (χ3v) is 3.35. The zero-order chi connectivity index (χ0) is 13.4. The maximum absolute atomic E-state index is 11.9. The van der Waals surface area contributed by atoms with Crippen LogP contribution in [0.3, 0.4) is 0 Å². The summed E-state index contributed by atoms with van der Waals surface area (Å²) in [5, 5.41) is 12.4. The Balaban J connectivity index is 2.51. The first-order valence-corrected chi connectivity index (χ1v) is 5.94. The van der Waals surface area contributed by atoms with Crippen LogP contribution >= 0.6 is 23.2 Å². The Morgan fingerprint density at radius 3 is 2.67 bits per heavy atom. The molecule has 1 unspecified atom stereocenters. The van der Waals surface area contributed by atoms with E-state index < -0.39 is 18.6 Å². The predicted octanol–water partition coefficient (Wildman–Crippen LogP) is 2.22. The van der Waals surface area contributed by atoms with Crippen LogP contribution in [0.2, 0.25) is 10.0 Å². The number of amides is 1. The van der Waals surface area contributed by atoms with Crippen LogP contribution in [0, 0.1) is 0 Å². The number of nitrogens with zero attached hydrogens (tertiary/aromatic N) is 1. The van der Waals surface area contributed by atoms with Crippen LogP contribution in [-0.2, 0) is 9.59 Å². The Morgan fingerprint density at radius 2 is 2.06 bits per heavy atom. The van der Waals surface area contributed by atoms with Gasteiger partial charge in [0.25, 0.3) is 0 Å². The first-order chi connectivity index (χ1) is 8.40. The van der Waals surface area contributed by atoms with Gasteiger partial charge in [-0.2, -0.15) is 0 Å². The van der Waals surface area contributed by atoms with Gasteiger partial charge < -0.3 is 10.4 Å². The van der Waals surface area contributed by atoms with Gasteiger partial charge in [0.15, 0.2) is 0 Å². The Hall–Kier alpha value is -1.46. The lowest BCUT2D eigenvalue weighted by molar-refractivity contribution is -0.136. The number of carboxylic acid groups (broad SMARTS) is 1. The Kier molecular flexibility index (Phi) is 3.36. The van der Waals surface area contributed by atoms with E-state index in [0.29, 0.717) is 16.4 Å². The molecular formula is C11H10Cl2N2O3. The standard InChI is InChI=1S/C11H10Cl2N2O3/c1-5-11(18)15(4-10(16)17)9-3-7(13)6(12)2-8(9)14-5/h2-3,5,14H,4H2,1H3,(H,16,17). The fourth-order valence-electron chi connectivity index (χ4n) is 1.82. The monoisotopic (exact) mass is 288 g/mol. The summed E-state index contributed by atoms with van der Waals surface area (Å²) >= 11 is 11.8. The number of benzene rings is 1. The molecule has 7 heteroatoms. The van der Waals surface area contributed by atoms with Gasteiger partial charge in [-0.15, -0.1) is 0 Å². The number of carbonyl (C=O) groups excluding carboxylic acids is 1. The molecule has 1 aromatic rings. The molecule has 96 valence electrons. The van der Waals surface area contributed by atoms with Crippen molar-refractivity contribution in [2.45, 2.75) is 13.0 Å². The van der Waals surface area contributed by atoms with Crippen LogP contribution < -0.4 is 10.2 Å². The van der Waals surface area contributed by atoms with Crippen molar-refractivity contribution in [2.24, 2.45) is 0 Å². The summed E-state index contributed by atoms with van der Waals surface area (Å²) in [7, 11) is 0. The Morgan fingerprint density at radius 1 is 1.44 bits per heavy atom. The highest BCUT2D eigenvalue weighted by atomic mass is 35.5. The quantitative estimate of drug-likeness (QED) is 0.876. The smallest absolute Gasteiger partial charge is 0.323 e. The summed E-state index contributed by atoms with van der Waals surface area (Å²) < 4.78 is 0. The topological polar surface area (TPSA) is 69.6 Å². The molecule has 0 spiro atoms. The van der Waals surface area contributed by atoms with Crippen molar-refractivity contribution in [2.75, 3.05) is 16.8 Å². The fourth-order valence-corrected chi connectivity index (χ4v) is 2.14. The van der Waals surface area contributed by atoms with Crippen LogP contribution in [0.4, 0.5) is 11.4 Å². The van der Waals surface area contributed by atoms with Crippen molar-refractivity contribution in [3.05, 3.63) is 22.2 Å². The fraction of sp³-hybridized carbons (Fsp3) is 0.273. The number of carbonyl (C=O) groups is 2. The summed E-state index contributed by atoms with van der Waals surface area (Å²) in [4.78, 5) is 23.9. The van der Waals surface area contributed by atoms with E-state index in [1.165, 1.54) is 11.0 Å². The van der Waals surface area contributed by atoms with E-state index in [1.54, 1.807) is 13.0 Å². The van der Waals surface area contributed by atoms with Gasteiger partial charge in [-0.3, -0.25) is 14.5 Å². The van der Waals surface area contributed by atoms with Gasteiger partial charge in [-0.1, -0.05) is 23.2 Å². The van der Waals surface area contributed by atoms with Gasteiger partial charge in [-0.05, 0) is 19.1 Å². The Labute approximate surface area is 113 Å². The molecule has 1 amide bonds. The van der Waals surface area contributed by atoms with Crippen molar-refractivity contribution >= 4 is 46.5 Å². The van der Waals surface area contributed by atoms with Crippen LogP contribution in [0.5, 0.6) is 0 Å². The van der Waals surface area contributed by atoms with Gasteiger partial charge in [0.05, 0.1) is 21.4 Å². The average molecular weight is 289 g/mol. The van der Waals surface area contributed by atoms with Gasteiger partial charge in [-0.25, -0.2) is 0 Å². The molecule has 0 aliphatic carbocycles. The zero-order valence-corrected chi connectivity index (χ0v) is 10.9. The molecule has 2 rings (SSSR count). The van der Waals surface area contributed by atoms with Crippen LogP contribution in [0.1, 0.15) is 6.92 Å². The molecule has 1 atom stereocenters. The second-order valence-corrected chi connectivity index (χ2v) is 4.78. The van der Waals surface area contributed by atoms with Crippen molar-refractivity contribution in [3.8, 4) is 0 Å². The molecule has 5 nitrogen and oxygen atoms in total. The molecule has 18 heavy (non-hydrogen) atoms. The highest BCUT2D eigenvalue weighted by Gasteiger charge is 2.31. The van der Waals surface area contributed by atoms with E-state index >= 15 is 0 Å². The third-order valence-electron chi connectivity index (χ3n) is 2.63. The molecule has 0 bridgehead atoms. The summed E-state index contributed by atoms with van der Waals surface area (Å²) in [6.45, 7) is 1.25. The molecular weight excluding hydrogens is 279 g/mol. The van der Waals surface area contributed by atoms with Gasteiger partial charge in [0.2, 0.25) is 5.91 Å². The molecule has 1 aromatic carbocycles. The number of fused-ring (bicyclic) bond motifs is 1. The first-order valence-electron chi connectivity index (χ1n) is 5.19. The number of nitrogens with one attached hydrogen (secondary N) is 1. The number of halogens is 2. The molecule has 1 aliphatic rings. The van der Waals surface area contributed by atoms with Crippen LogP contribution in [0.25, 0.3) is 0 Å². The lowest BCUT2D eigenvalue weighted by Gasteiger charge is -2.33. The molecule has 0 aromatic heterocycles. The van der Waals surface area contributed by atoms with E-state index in [1.807, 2.05) is 0 Å². The molecule has 0 saturated carbocycles. The van der Waals surface area contributed by atoms with Crippen LogP contribution in [-0.4, -0.2) is 29.6 Å². The summed E-state index contributed by atoms with van der Waals surface area (Å²) in [6.07, 6.45) is 0. The predicted molar refractivity (Wildman–Crippen MR) is 69.5 cm³/mol. The minimum absolute atomic E-state index is 0.273. The largest absolute Gasteiger partial charge is 0.480 e. The zero-order valence-electron chi connectivity index (χ0n) is 9.41. The number of hydrogen-bond acceptors (Lipinski definition) is 3. The van der Waals surface area contributed by atoms with E-state index in [9.17, 15) is 9.59 Å². The van der Waals surface area contributed by atoms with Crippen LogP contribution in [0.15, 0.2) is 12.1 Å². The highest BCUT2D eigenvalue weighted by molar-refractivity contribution is 6.42. The molecule has 0 saturated heterocycles. The number of rotatable bonds is 2. The summed E-state index contributed by atoms with van der Waals surface area (Å²) in [5.74, 6) is -1.40. The van der Waals surface area contributed by atoms with Crippen molar-refractivity contribution in [1.29, 1.82) is 0 Å². The number of carboxylic acids is 1. The third kappa shape index (κ3) is 2.23. The van der Waals surface area contributed by atoms with Gasteiger partial charge in [0, 0.05) is 0 Å². The SMILES string of the molecule is CC1Nc2cc(Cl)c(Cl)cc2N(CC(=O)O)C1=O. The number of hydrogen-bond donors (Lipinski definition) is 2. The maximum Gasteiger partial charge on any atom is 0.323 e. The number of anilines is 2. The second-order valence-electron chi connectivity index (χ2n) is 3.97. The molecule has 2 N–H and O–H groups in total. The molecule has 0 fully saturated rings. The second kappa shape index (κ2) is 4.66. The lowest BCUT2D eigenvalue weighted by atomic mass is 10.1. The summed E-state index contributed by atoms with van der Waals surface area (Å²) in [6, 6.07) is 2.56. The first kappa shape index (κ1) is 13.0. The maximum atomic E-state index is 11.9. The van der Waals surface area contributed by atoms with Gasteiger partial charge >= 0.3 is 5.97 Å². The van der Waals surface area contributed by atoms with E-state index in [0.717, 1.165) is 0 Å². The van der Waals surface area contributed by atoms with Gasteiger partial charge in [0.1, 0.15) is 12.6 Å². The minimum atomic E-state index is -1.09.